The first-order chi connectivity index (χ1) is 4.20. The number of hydrogen-bond donors (Lipinski definition) is 2. The Morgan fingerprint density at radius 3 is 2.78 bits per heavy atom. The summed E-state index contributed by atoms with van der Waals surface area (Å²) in [6.45, 7) is 1.99. The van der Waals surface area contributed by atoms with Crippen molar-refractivity contribution in [1.29, 1.82) is 0 Å². The number of amides is 1. The van der Waals surface area contributed by atoms with Gasteiger partial charge in [-0.2, -0.15) is 0 Å². The molecule has 52 valence electrons. The summed E-state index contributed by atoms with van der Waals surface area (Å²) in [5.41, 5.74) is 5.43. The van der Waals surface area contributed by atoms with Crippen LogP contribution in [0, 0.1) is 0 Å². The molecule has 0 aromatic heterocycles. The minimum atomic E-state index is -0.263. The molecule has 3 nitrogen and oxygen atoms in total. The molecule has 0 unspecified atom stereocenters. The van der Waals surface area contributed by atoms with Gasteiger partial charge in [-0.1, -0.05) is 0 Å². The summed E-state index contributed by atoms with van der Waals surface area (Å²) in [5.74, 6) is -0.00579. The fraction of sp³-hybridized carbons (Fsp3) is 0.833. The van der Waals surface area contributed by atoms with E-state index in [1.54, 1.807) is 0 Å². The highest BCUT2D eigenvalue weighted by Crippen LogP contribution is 2.05. The number of carbonyl (C=O) groups is 1. The Hall–Kier alpha value is -0.570. The van der Waals surface area contributed by atoms with Crippen molar-refractivity contribution >= 4 is 5.91 Å². The van der Waals surface area contributed by atoms with Crippen LogP contribution in [-0.2, 0) is 4.79 Å². The number of piperidine rings is 1. The van der Waals surface area contributed by atoms with Gasteiger partial charge in [0.25, 0.3) is 0 Å². The molecule has 0 aliphatic carbocycles. The van der Waals surface area contributed by atoms with Crippen LogP contribution in [0.3, 0.4) is 0 Å². The van der Waals surface area contributed by atoms with Crippen LogP contribution >= 0.6 is 0 Å². The van der Waals surface area contributed by atoms with E-state index in [1.165, 1.54) is 0 Å². The molecule has 1 rings (SSSR count). The van der Waals surface area contributed by atoms with Gasteiger partial charge in [0.1, 0.15) is 0 Å². The summed E-state index contributed by atoms with van der Waals surface area (Å²) < 4.78 is 0. The zero-order chi connectivity index (χ0) is 6.85. The van der Waals surface area contributed by atoms with Crippen LogP contribution in [0.1, 0.15) is 19.8 Å². The van der Waals surface area contributed by atoms with Crippen LogP contribution in [0.25, 0.3) is 0 Å². The quantitative estimate of drug-likeness (QED) is 0.467. The Morgan fingerprint density at radius 1 is 1.67 bits per heavy atom. The average Bonchev–Trinajstić information content (AvgIpc) is 1.80. The smallest absolute Gasteiger partial charge is 0.237 e. The maximum Gasteiger partial charge on any atom is 0.237 e. The molecule has 0 saturated carbocycles. The van der Waals surface area contributed by atoms with E-state index < -0.39 is 0 Å². The molecule has 1 amide bonds. The fourth-order valence-corrected chi connectivity index (χ4v) is 0.983. The van der Waals surface area contributed by atoms with E-state index in [0.717, 1.165) is 12.8 Å². The Morgan fingerprint density at radius 2 is 2.33 bits per heavy atom. The minimum absolute atomic E-state index is 0.00579. The summed E-state index contributed by atoms with van der Waals surface area (Å²) in [5, 5.41) is 2.77. The summed E-state index contributed by atoms with van der Waals surface area (Å²) in [4.78, 5) is 10.8. The second-order valence-electron chi connectivity index (χ2n) is 2.59. The second-order valence-corrected chi connectivity index (χ2v) is 2.59. The largest absolute Gasteiger partial charge is 0.352 e. The zero-order valence-corrected chi connectivity index (χ0v) is 5.55. The van der Waals surface area contributed by atoms with Gasteiger partial charge in [0.2, 0.25) is 5.91 Å². The summed E-state index contributed by atoms with van der Waals surface area (Å²) in [6.07, 6.45) is 1.83. The van der Waals surface area contributed by atoms with Gasteiger partial charge in [-0.25, -0.2) is 0 Å². The molecule has 0 radical (unpaired) electrons. The summed E-state index contributed by atoms with van der Waals surface area (Å²) in [7, 11) is 0. The number of nitrogens with one attached hydrogen (secondary N) is 1. The number of hydrogen-bond acceptors (Lipinski definition) is 2. The fourth-order valence-electron chi connectivity index (χ4n) is 0.983. The first-order valence-electron chi connectivity index (χ1n) is 3.26. The van der Waals surface area contributed by atoms with Gasteiger partial charge in [0, 0.05) is 6.04 Å². The van der Waals surface area contributed by atoms with Crippen LogP contribution < -0.4 is 11.1 Å². The van der Waals surface area contributed by atoms with E-state index in [0.29, 0.717) is 6.04 Å². The molecule has 3 N–H and O–H groups in total. The third kappa shape index (κ3) is 1.42. The maximum absolute atomic E-state index is 10.8. The number of rotatable bonds is 0. The minimum Gasteiger partial charge on any atom is -0.352 e. The Labute approximate surface area is 54.6 Å². The average molecular weight is 128 g/mol. The highest BCUT2D eigenvalue weighted by Gasteiger charge is 2.21. The van der Waals surface area contributed by atoms with E-state index in [2.05, 4.69) is 5.32 Å². The molecule has 1 aliphatic heterocycles. The maximum atomic E-state index is 10.8. The van der Waals surface area contributed by atoms with E-state index in [9.17, 15) is 4.79 Å². The van der Waals surface area contributed by atoms with Crippen molar-refractivity contribution in [3.05, 3.63) is 0 Å². The van der Waals surface area contributed by atoms with Crippen LogP contribution in [-0.4, -0.2) is 18.0 Å². The summed E-state index contributed by atoms with van der Waals surface area (Å²) >= 11 is 0. The standard InChI is InChI=1S/C6H12N2O/c1-4-2-3-5(7)6(9)8-4/h4-5H,2-3,7H2,1H3,(H,8,9)/t4-,5+/m0/s1. The van der Waals surface area contributed by atoms with Gasteiger partial charge in [-0.3, -0.25) is 4.79 Å². The molecular formula is C6H12N2O. The lowest BCUT2D eigenvalue weighted by atomic mass is 10.0. The topological polar surface area (TPSA) is 55.1 Å². The molecule has 1 aliphatic rings. The normalized spacial score (nSPS) is 36.0. The van der Waals surface area contributed by atoms with Crippen molar-refractivity contribution in [2.75, 3.05) is 0 Å². The van der Waals surface area contributed by atoms with Gasteiger partial charge in [-0.05, 0) is 19.8 Å². The Bertz CT molecular complexity index is 124. The first kappa shape index (κ1) is 6.55. The van der Waals surface area contributed by atoms with Gasteiger partial charge in [-0.15, -0.1) is 0 Å². The van der Waals surface area contributed by atoms with Crippen molar-refractivity contribution < 1.29 is 4.79 Å². The van der Waals surface area contributed by atoms with Crippen molar-refractivity contribution in [3.63, 3.8) is 0 Å². The van der Waals surface area contributed by atoms with Gasteiger partial charge in [0.15, 0.2) is 0 Å². The molecule has 3 heteroatoms. The highest BCUT2D eigenvalue weighted by atomic mass is 16.2. The van der Waals surface area contributed by atoms with E-state index >= 15 is 0 Å². The predicted molar refractivity (Wildman–Crippen MR) is 34.8 cm³/mol. The van der Waals surface area contributed by atoms with Crippen LogP contribution in [0.15, 0.2) is 0 Å². The molecule has 0 spiro atoms. The van der Waals surface area contributed by atoms with Gasteiger partial charge < -0.3 is 11.1 Å². The molecule has 1 fully saturated rings. The van der Waals surface area contributed by atoms with Crippen LogP contribution in [0.2, 0.25) is 0 Å². The lowest BCUT2D eigenvalue weighted by Crippen LogP contribution is -2.49. The van der Waals surface area contributed by atoms with Crippen LogP contribution in [0.5, 0.6) is 0 Å². The predicted octanol–water partition coefficient (Wildman–Crippen LogP) is -0.388. The van der Waals surface area contributed by atoms with Crippen molar-refractivity contribution in [2.24, 2.45) is 5.73 Å². The second kappa shape index (κ2) is 2.35. The lowest BCUT2D eigenvalue weighted by molar-refractivity contribution is -0.124. The Kier molecular flexibility index (Phi) is 1.71. The van der Waals surface area contributed by atoms with Crippen molar-refractivity contribution in [3.8, 4) is 0 Å². The van der Waals surface area contributed by atoms with Gasteiger partial charge in [0.05, 0.1) is 6.04 Å². The number of carbonyl (C=O) groups excluding carboxylic acids is 1. The molecule has 1 saturated heterocycles. The molecule has 9 heavy (non-hydrogen) atoms. The zero-order valence-electron chi connectivity index (χ0n) is 5.55. The van der Waals surface area contributed by atoms with Gasteiger partial charge >= 0.3 is 0 Å². The summed E-state index contributed by atoms with van der Waals surface area (Å²) in [6, 6.07) is 0.0542. The third-order valence-electron chi connectivity index (χ3n) is 1.64. The van der Waals surface area contributed by atoms with Crippen LogP contribution in [0.4, 0.5) is 0 Å². The molecular weight excluding hydrogens is 116 g/mol. The molecule has 0 aromatic rings. The van der Waals surface area contributed by atoms with E-state index in [-0.39, 0.29) is 11.9 Å². The highest BCUT2D eigenvalue weighted by molar-refractivity contribution is 5.82. The molecule has 0 aromatic carbocycles. The van der Waals surface area contributed by atoms with E-state index in [4.69, 9.17) is 5.73 Å². The van der Waals surface area contributed by atoms with Crippen molar-refractivity contribution in [1.82, 2.24) is 5.32 Å². The van der Waals surface area contributed by atoms with Crippen molar-refractivity contribution in [2.45, 2.75) is 31.8 Å². The lowest BCUT2D eigenvalue weighted by Gasteiger charge is -2.23. The first-order valence-corrected chi connectivity index (χ1v) is 3.26. The molecule has 1 heterocycles. The van der Waals surface area contributed by atoms with E-state index in [1.807, 2.05) is 6.92 Å². The molecule has 2 atom stereocenters. The molecule has 0 bridgehead atoms. The SMILES string of the molecule is C[C@H]1CC[C@@H](N)C(=O)N1. The monoisotopic (exact) mass is 128 g/mol. The Balaban J connectivity index is 2.44. The number of nitrogens with two attached hydrogens (primary N) is 1. The third-order valence-corrected chi connectivity index (χ3v) is 1.64.